The van der Waals surface area contributed by atoms with Crippen molar-refractivity contribution in [1.29, 1.82) is 0 Å². The van der Waals surface area contributed by atoms with E-state index in [0.29, 0.717) is 28.1 Å². The third kappa shape index (κ3) is 3.73. The highest BCUT2D eigenvalue weighted by molar-refractivity contribution is 9.10. The largest absolute Gasteiger partial charge is 0.313 e. The van der Waals surface area contributed by atoms with Gasteiger partial charge in [0.2, 0.25) is 0 Å². The molecule has 0 radical (unpaired) electrons. The van der Waals surface area contributed by atoms with E-state index < -0.39 is 0 Å². The SMILES string of the molecule is CC[C@@H](C)c1nc2ccc(Br)cc2c(=O)n1N=Cc1cccn1-c1ccccc1F. The molecule has 2 aromatic carbocycles. The van der Waals surface area contributed by atoms with Crippen molar-refractivity contribution in [2.75, 3.05) is 0 Å². The summed E-state index contributed by atoms with van der Waals surface area (Å²) in [6, 6.07) is 15.6. The van der Waals surface area contributed by atoms with Crippen molar-refractivity contribution in [3.63, 3.8) is 0 Å². The molecule has 1 atom stereocenters. The van der Waals surface area contributed by atoms with Gasteiger partial charge in [0.05, 0.1) is 28.5 Å². The molecule has 0 aliphatic carbocycles. The van der Waals surface area contributed by atoms with Crippen LogP contribution in [0.4, 0.5) is 4.39 Å². The van der Waals surface area contributed by atoms with E-state index in [0.717, 1.165) is 10.9 Å². The van der Waals surface area contributed by atoms with Gasteiger partial charge in [0.15, 0.2) is 0 Å². The van der Waals surface area contributed by atoms with Crippen molar-refractivity contribution >= 4 is 33.0 Å². The summed E-state index contributed by atoms with van der Waals surface area (Å²) in [6.07, 6.45) is 4.13. The number of benzene rings is 2. The average molecular weight is 467 g/mol. The number of aromatic nitrogens is 3. The summed E-state index contributed by atoms with van der Waals surface area (Å²) in [7, 11) is 0. The average Bonchev–Trinajstić information content (AvgIpc) is 3.21. The van der Waals surface area contributed by atoms with E-state index in [2.05, 4.69) is 21.0 Å². The molecule has 0 aliphatic rings. The number of hydrogen-bond acceptors (Lipinski definition) is 3. The molecule has 152 valence electrons. The normalized spacial score (nSPS) is 12.7. The van der Waals surface area contributed by atoms with E-state index in [4.69, 9.17) is 4.98 Å². The van der Waals surface area contributed by atoms with Gasteiger partial charge in [0, 0.05) is 16.6 Å². The molecule has 0 saturated heterocycles. The highest BCUT2D eigenvalue weighted by Crippen LogP contribution is 2.21. The van der Waals surface area contributed by atoms with Gasteiger partial charge in [-0.25, -0.2) is 9.37 Å². The van der Waals surface area contributed by atoms with E-state index in [9.17, 15) is 9.18 Å². The Hall–Kier alpha value is -3.06. The molecule has 2 aromatic heterocycles. The number of halogens is 2. The molecule has 0 aliphatic heterocycles. The Morgan fingerprint density at radius 1 is 1.20 bits per heavy atom. The first-order valence-electron chi connectivity index (χ1n) is 9.68. The Bertz CT molecular complexity index is 1310. The fourth-order valence-electron chi connectivity index (χ4n) is 3.26. The molecule has 4 rings (SSSR count). The van der Waals surface area contributed by atoms with Crippen LogP contribution in [0, 0.1) is 5.82 Å². The molecule has 0 saturated carbocycles. The number of nitrogens with zero attached hydrogens (tertiary/aromatic N) is 4. The number of rotatable bonds is 5. The standard InChI is InChI=1S/C23H20BrFN4O/c1-3-15(2)22-27-20-11-10-16(24)13-18(20)23(30)29(22)26-14-17-7-6-12-28(17)21-9-5-4-8-19(21)25/h4-15H,3H2,1-2H3/t15-/m1/s1. The van der Waals surface area contributed by atoms with Crippen molar-refractivity contribution in [2.24, 2.45) is 5.10 Å². The van der Waals surface area contributed by atoms with E-state index in [1.807, 2.05) is 38.1 Å². The summed E-state index contributed by atoms with van der Waals surface area (Å²) in [5.41, 5.74) is 1.46. The quantitative estimate of drug-likeness (QED) is 0.365. The maximum absolute atomic E-state index is 14.3. The van der Waals surface area contributed by atoms with Crippen LogP contribution in [0.5, 0.6) is 0 Å². The van der Waals surface area contributed by atoms with Gasteiger partial charge in [0.25, 0.3) is 5.56 Å². The van der Waals surface area contributed by atoms with E-state index in [-0.39, 0.29) is 17.3 Å². The number of fused-ring (bicyclic) bond motifs is 1. The van der Waals surface area contributed by atoms with Crippen LogP contribution in [0.2, 0.25) is 0 Å². The molecule has 0 amide bonds. The molecular weight excluding hydrogens is 447 g/mol. The minimum atomic E-state index is -0.335. The van der Waals surface area contributed by atoms with Crippen molar-refractivity contribution < 1.29 is 4.39 Å². The number of hydrogen-bond donors (Lipinski definition) is 0. The minimum absolute atomic E-state index is 0.0428. The Balaban J connectivity index is 1.86. The first-order chi connectivity index (χ1) is 14.5. The Morgan fingerprint density at radius 2 is 2.00 bits per heavy atom. The topological polar surface area (TPSA) is 52.2 Å². The monoisotopic (exact) mass is 466 g/mol. The molecule has 4 aromatic rings. The summed E-state index contributed by atoms with van der Waals surface area (Å²) in [4.78, 5) is 17.9. The molecule has 0 unspecified atom stereocenters. The first kappa shape index (κ1) is 20.2. The van der Waals surface area contributed by atoms with Gasteiger partial charge in [-0.15, -0.1) is 0 Å². The highest BCUT2D eigenvalue weighted by atomic mass is 79.9. The van der Waals surface area contributed by atoms with Gasteiger partial charge in [-0.05, 0) is 48.9 Å². The zero-order valence-corrected chi connectivity index (χ0v) is 18.2. The first-order valence-corrected chi connectivity index (χ1v) is 10.5. The second-order valence-corrected chi connectivity index (χ2v) is 7.97. The van der Waals surface area contributed by atoms with Crippen LogP contribution in [-0.4, -0.2) is 20.4 Å². The lowest BCUT2D eigenvalue weighted by molar-refractivity contribution is 0.612. The number of para-hydroxylation sites is 1. The predicted octanol–water partition coefficient (Wildman–Crippen LogP) is 5.48. The van der Waals surface area contributed by atoms with Gasteiger partial charge in [-0.2, -0.15) is 9.78 Å². The molecular formula is C23H20BrFN4O. The van der Waals surface area contributed by atoms with Crippen LogP contribution in [0.15, 0.2) is 75.2 Å². The maximum atomic E-state index is 14.3. The lowest BCUT2D eigenvalue weighted by Crippen LogP contribution is -2.24. The predicted molar refractivity (Wildman–Crippen MR) is 121 cm³/mol. The fourth-order valence-corrected chi connectivity index (χ4v) is 3.62. The summed E-state index contributed by atoms with van der Waals surface area (Å²) in [5, 5.41) is 4.96. The van der Waals surface area contributed by atoms with Crippen molar-refractivity contribution in [2.45, 2.75) is 26.2 Å². The van der Waals surface area contributed by atoms with Gasteiger partial charge in [-0.1, -0.05) is 41.9 Å². The van der Waals surface area contributed by atoms with Crippen molar-refractivity contribution in [3.05, 3.63) is 93.0 Å². The lowest BCUT2D eigenvalue weighted by atomic mass is 10.1. The molecule has 0 fully saturated rings. The Labute approximate surface area is 181 Å². The molecule has 30 heavy (non-hydrogen) atoms. The van der Waals surface area contributed by atoms with Gasteiger partial charge in [0.1, 0.15) is 11.6 Å². The summed E-state index contributed by atoms with van der Waals surface area (Å²) >= 11 is 3.41. The minimum Gasteiger partial charge on any atom is -0.313 e. The van der Waals surface area contributed by atoms with Crippen LogP contribution in [-0.2, 0) is 0 Å². The van der Waals surface area contributed by atoms with E-state index in [1.54, 1.807) is 41.2 Å². The third-order valence-electron chi connectivity index (χ3n) is 5.08. The van der Waals surface area contributed by atoms with Crippen LogP contribution in [0.25, 0.3) is 16.6 Å². The molecule has 0 spiro atoms. The summed E-state index contributed by atoms with van der Waals surface area (Å²) in [6.45, 7) is 4.06. The Kier molecular flexibility index (Phi) is 5.63. The lowest BCUT2D eigenvalue weighted by Gasteiger charge is -2.14. The molecule has 0 bridgehead atoms. The molecule has 7 heteroatoms. The van der Waals surface area contributed by atoms with Gasteiger partial charge in [-0.3, -0.25) is 4.79 Å². The fraction of sp³-hybridized carbons (Fsp3) is 0.174. The van der Waals surface area contributed by atoms with E-state index in [1.165, 1.54) is 10.7 Å². The third-order valence-corrected chi connectivity index (χ3v) is 5.58. The van der Waals surface area contributed by atoms with E-state index >= 15 is 0 Å². The summed E-state index contributed by atoms with van der Waals surface area (Å²) < 4.78 is 18.1. The molecule has 2 heterocycles. The maximum Gasteiger partial charge on any atom is 0.282 e. The van der Waals surface area contributed by atoms with Crippen molar-refractivity contribution in [1.82, 2.24) is 14.2 Å². The van der Waals surface area contributed by atoms with Gasteiger partial charge < -0.3 is 4.57 Å². The highest BCUT2D eigenvalue weighted by Gasteiger charge is 2.16. The van der Waals surface area contributed by atoms with Crippen LogP contribution in [0.3, 0.4) is 0 Å². The second-order valence-electron chi connectivity index (χ2n) is 7.06. The zero-order chi connectivity index (χ0) is 21.3. The summed E-state index contributed by atoms with van der Waals surface area (Å²) in [5.74, 6) is 0.303. The second kappa shape index (κ2) is 8.36. The molecule has 5 nitrogen and oxygen atoms in total. The van der Waals surface area contributed by atoms with Crippen LogP contribution in [0.1, 0.15) is 37.7 Å². The molecule has 0 N–H and O–H groups in total. The van der Waals surface area contributed by atoms with Gasteiger partial charge >= 0.3 is 0 Å². The Morgan fingerprint density at radius 3 is 2.77 bits per heavy atom. The van der Waals surface area contributed by atoms with Crippen LogP contribution < -0.4 is 5.56 Å². The van der Waals surface area contributed by atoms with Crippen LogP contribution >= 0.6 is 15.9 Å². The zero-order valence-electron chi connectivity index (χ0n) is 16.6. The smallest absolute Gasteiger partial charge is 0.282 e. The van der Waals surface area contributed by atoms with Crippen molar-refractivity contribution in [3.8, 4) is 5.69 Å².